The van der Waals surface area contributed by atoms with Crippen molar-refractivity contribution >= 4 is 10.9 Å². The molecule has 0 bridgehead atoms. The third kappa shape index (κ3) is 8.07. The SMILES string of the molecule is COS(CCCOCC(O)CNCc1cccnc1)(OC)OC. The Morgan fingerprint density at radius 1 is 1.26 bits per heavy atom. The Kier molecular flexibility index (Phi) is 10.4. The van der Waals surface area contributed by atoms with Gasteiger partial charge in [0, 0.05) is 37.8 Å². The van der Waals surface area contributed by atoms with Crippen LogP contribution in [0.5, 0.6) is 0 Å². The number of aromatic nitrogens is 1. The number of rotatable bonds is 13. The zero-order chi connectivity index (χ0) is 17.0. The van der Waals surface area contributed by atoms with Crippen LogP contribution in [0.2, 0.25) is 0 Å². The predicted molar refractivity (Wildman–Crippen MR) is 90.9 cm³/mol. The van der Waals surface area contributed by atoms with Crippen molar-refractivity contribution in [1.82, 2.24) is 10.3 Å². The van der Waals surface area contributed by atoms with Gasteiger partial charge in [-0.25, -0.2) is 0 Å². The van der Waals surface area contributed by atoms with Crippen molar-refractivity contribution in [2.75, 3.05) is 46.8 Å². The van der Waals surface area contributed by atoms with E-state index in [2.05, 4.69) is 10.3 Å². The highest BCUT2D eigenvalue weighted by Gasteiger charge is 2.22. The molecule has 1 atom stereocenters. The summed E-state index contributed by atoms with van der Waals surface area (Å²) in [5.41, 5.74) is 1.08. The summed E-state index contributed by atoms with van der Waals surface area (Å²) in [6, 6.07) is 3.87. The van der Waals surface area contributed by atoms with Crippen LogP contribution in [0.25, 0.3) is 0 Å². The lowest BCUT2D eigenvalue weighted by atomic mass is 10.3. The van der Waals surface area contributed by atoms with Crippen LogP contribution in [0.4, 0.5) is 0 Å². The zero-order valence-electron chi connectivity index (χ0n) is 14.1. The fourth-order valence-corrected chi connectivity index (χ4v) is 3.34. The number of hydrogen-bond acceptors (Lipinski definition) is 7. The topological polar surface area (TPSA) is 82.1 Å². The maximum Gasteiger partial charge on any atom is 0.0897 e. The maximum absolute atomic E-state index is 9.85. The largest absolute Gasteiger partial charge is 0.389 e. The van der Waals surface area contributed by atoms with Gasteiger partial charge in [-0.1, -0.05) is 6.07 Å². The standard InChI is InChI=1S/C15H28N2O5S/c1-19-23(20-2,21-3)9-5-8-22-13-15(18)12-17-11-14-6-4-7-16-10-14/h4,6-7,10,15,17-18H,5,8-9,11-13H2,1-3H3. The third-order valence-electron chi connectivity index (χ3n) is 3.19. The first-order valence-electron chi connectivity index (χ1n) is 7.49. The molecule has 1 rings (SSSR count). The molecule has 0 fully saturated rings. The van der Waals surface area contributed by atoms with Crippen LogP contribution < -0.4 is 5.32 Å². The first-order valence-corrected chi connectivity index (χ1v) is 9.06. The summed E-state index contributed by atoms with van der Waals surface area (Å²) >= 11 is 0. The first kappa shape index (κ1) is 20.3. The Morgan fingerprint density at radius 3 is 2.61 bits per heavy atom. The number of hydrogen-bond donors (Lipinski definition) is 2. The second-order valence-electron chi connectivity index (χ2n) is 4.84. The summed E-state index contributed by atoms with van der Waals surface area (Å²) in [6.45, 7) is 1.95. The molecular weight excluding hydrogens is 320 g/mol. The van der Waals surface area contributed by atoms with E-state index in [1.54, 1.807) is 33.7 Å². The maximum atomic E-state index is 9.85. The molecule has 8 heteroatoms. The van der Waals surface area contributed by atoms with Crippen molar-refractivity contribution in [1.29, 1.82) is 0 Å². The van der Waals surface area contributed by atoms with Gasteiger partial charge in [0.15, 0.2) is 0 Å². The lowest BCUT2D eigenvalue weighted by Crippen LogP contribution is -2.30. The Morgan fingerprint density at radius 2 is 2.00 bits per heavy atom. The fraction of sp³-hybridized carbons (Fsp3) is 0.667. The van der Waals surface area contributed by atoms with Crippen molar-refractivity contribution in [2.24, 2.45) is 0 Å². The molecule has 0 aromatic carbocycles. The first-order chi connectivity index (χ1) is 11.2. The van der Waals surface area contributed by atoms with E-state index in [1.165, 1.54) is 0 Å². The van der Waals surface area contributed by atoms with E-state index in [0.29, 0.717) is 25.4 Å². The second kappa shape index (κ2) is 11.7. The number of nitrogens with zero attached hydrogens (tertiary/aromatic N) is 1. The van der Waals surface area contributed by atoms with Crippen LogP contribution in [0.15, 0.2) is 24.5 Å². The molecule has 0 saturated carbocycles. The van der Waals surface area contributed by atoms with E-state index in [4.69, 9.17) is 17.3 Å². The van der Waals surface area contributed by atoms with Crippen molar-refractivity contribution in [2.45, 2.75) is 19.1 Å². The Hall–Kier alpha value is -0.740. The second-order valence-corrected chi connectivity index (χ2v) is 7.36. The summed E-state index contributed by atoms with van der Waals surface area (Å²) in [6.07, 6.45) is 3.72. The van der Waals surface area contributed by atoms with E-state index in [9.17, 15) is 5.11 Å². The highest BCUT2D eigenvalue weighted by atomic mass is 32.3. The average molecular weight is 348 g/mol. The van der Waals surface area contributed by atoms with Crippen molar-refractivity contribution in [3.8, 4) is 0 Å². The molecule has 7 nitrogen and oxygen atoms in total. The van der Waals surface area contributed by atoms with Gasteiger partial charge in [0.2, 0.25) is 0 Å². The molecule has 0 amide bonds. The summed E-state index contributed by atoms with van der Waals surface area (Å²) in [4.78, 5) is 4.04. The van der Waals surface area contributed by atoms with Gasteiger partial charge in [-0.2, -0.15) is 0 Å². The number of ether oxygens (including phenoxy) is 1. The predicted octanol–water partition coefficient (Wildman–Crippen LogP) is 1.43. The Bertz CT molecular complexity index is 398. The van der Waals surface area contributed by atoms with Gasteiger partial charge < -0.3 is 15.2 Å². The van der Waals surface area contributed by atoms with Gasteiger partial charge in [0.1, 0.15) is 0 Å². The van der Waals surface area contributed by atoms with E-state index in [-0.39, 0.29) is 6.61 Å². The van der Waals surface area contributed by atoms with Gasteiger partial charge >= 0.3 is 0 Å². The molecule has 134 valence electrons. The van der Waals surface area contributed by atoms with Gasteiger partial charge in [0.25, 0.3) is 0 Å². The lowest BCUT2D eigenvalue weighted by Gasteiger charge is -2.33. The molecule has 0 saturated heterocycles. The Labute approximate surface area is 140 Å². The molecule has 1 unspecified atom stereocenters. The molecule has 1 heterocycles. The van der Waals surface area contributed by atoms with Gasteiger partial charge in [-0.05, 0) is 18.1 Å². The van der Waals surface area contributed by atoms with Crippen molar-refractivity contribution in [3.05, 3.63) is 30.1 Å². The third-order valence-corrected chi connectivity index (χ3v) is 5.50. The van der Waals surface area contributed by atoms with Crippen LogP contribution in [0.3, 0.4) is 0 Å². The summed E-state index contributed by atoms with van der Waals surface area (Å²) in [7, 11) is 2.79. The lowest BCUT2D eigenvalue weighted by molar-refractivity contribution is 0.0370. The zero-order valence-corrected chi connectivity index (χ0v) is 14.9. The average Bonchev–Trinajstić information content (AvgIpc) is 2.59. The molecule has 1 aromatic rings. The van der Waals surface area contributed by atoms with E-state index < -0.39 is 17.0 Å². The summed E-state index contributed by atoms with van der Waals surface area (Å²) < 4.78 is 21.3. The van der Waals surface area contributed by atoms with Gasteiger partial charge in [-0.3, -0.25) is 17.5 Å². The van der Waals surface area contributed by atoms with E-state index in [1.807, 2.05) is 12.1 Å². The minimum atomic E-state index is -1.92. The van der Waals surface area contributed by atoms with E-state index >= 15 is 0 Å². The Balaban J connectivity index is 2.06. The molecule has 1 aromatic heterocycles. The monoisotopic (exact) mass is 348 g/mol. The van der Waals surface area contributed by atoms with Crippen LogP contribution in [0, 0.1) is 0 Å². The highest BCUT2D eigenvalue weighted by Crippen LogP contribution is 2.49. The van der Waals surface area contributed by atoms with Gasteiger partial charge in [0.05, 0.1) is 44.9 Å². The van der Waals surface area contributed by atoms with Crippen LogP contribution in [-0.2, 0) is 23.8 Å². The molecular formula is C15H28N2O5S. The normalized spacial score (nSPS) is 13.9. The number of aliphatic hydroxyl groups excluding tert-OH is 1. The molecule has 0 aliphatic carbocycles. The van der Waals surface area contributed by atoms with Crippen molar-refractivity contribution in [3.63, 3.8) is 0 Å². The van der Waals surface area contributed by atoms with Gasteiger partial charge in [-0.15, -0.1) is 0 Å². The molecule has 0 aliphatic rings. The number of aliphatic hydroxyl groups is 1. The minimum absolute atomic E-state index is 0.287. The number of nitrogens with one attached hydrogen (secondary N) is 1. The van der Waals surface area contributed by atoms with Crippen molar-refractivity contribution < 1.29 is 22.4 Å². The fourth-order valence-electron chi connectivity index (χ4n) is 1.96. The van der Waals surface area contributed by atoms with Crippen LogP contribution >= 0.6 is 10.9 Å². The molecule has 0 aliphatic heterocycles. The molecule has 23 heavy (non-hydrogen) atoms. The molecule has 0 spiro atoms. The summed E-state index contributed by atoms with van der Waals surface area (Å²) in [5, 5.41) is 13.0. The number of pyridine rings is 1. The quantitative estimate of drug-likeness (QED) is 0.522. The van der Waals surface area contributed by atoms with E-state index in [0.717, 1.165) is 12.0 Å². The minimum Gasteiger partial charge on any atom is -0.389 e. The molecule has 0 radical (unpaired) electrons. The highest BCUT2D eigenvalue weighted by molar-refractivity contribution is 8.21. The summed E-state index contributed by atoms with van der Waals surface area (Å²) in [5.74, 6) is 0.631. The van der Waals surface area contributed by atoms with Crippen LogP contribution in [0.1, 0.15) is 12.0 Å². The van der Waals surface area contributed by atoms with Crippen LogP contribution in [-0.4, -0.2) is 63.0 Å². The smallest absolute Gasteiger partial charge is 0.0897 e. The molecule has 2 N–H and O–H groups in total.